The van der Waals surface area contributed by atoms with Gasteiger partial charge < -0.3 is 15.0 Å². The van der Waals surface area contributed by atoms with E-state index in [1.807, 2.05) is 15.6 Å². The molecule has 7 nitrogen and oxygen atoms in total. The maximum atomic E-state index is 13.0. The largest absolute Gasteiger partial charge is 0.497 e. The minimum absolute atomic E-state index is 0.171. The summed E-state index contributed by atoms with van der Waals surface area (Å²) < 4.78 is 7.04. The Morgan fingerprint density at radius 1 is 1.06 bits per heavy atom. The number of carbonyl (C=O) groups excluding carboxylic acids is 2. The molecule has 2 aromatic rings. The first kappa shape index (κ1) is 19.8. The molecule has 3 unspecified atom stereocenters. The average Bonchev–Trinajstić information content (AvgIpc) is 3.56. The molecule has 1 saturated carbocycles. The lowest BCUT2D eigenvalue weighted by Gasteiger charge is -2.35. The number of nitrogens with zero attached hydrogens (tertiary/aromatic N) is 3. The van der Waals surface area contributed by atoms with Crippen LogP contribution in [-0.4, -0.2) is 46.7 Å². The van der Waals surface area contributed by atoms with Gasteiger partial charge in [-0.3, -0.25) is 9.59 Å². The van der Waals surface area contributed by atoms with Gasteiger partial charge in [-0.15, -0.1) is 0 Å². The Labute approximate surface area is 182 Å². The van der Waals surface area contributed by atoms with Gasteiger partial charge in [0.05, 0.1) is 19.3 Å². The number of piperidine rings is 1. The number of allylic oxidation sites excluding steroid dienone is 2. The van der Waals surface area contributed by atoms with Crippen LogP contribution in [0.15, 0.2) is 48.7 Å². The van der Waals surface area contributed by atoms with Crippen LogP contribution < -0.4 is 10.1 Å². The van der Waals surface area contributed by atoms with Gasteiger partial charge in [0.25, 0.3) is 5.91 Å². The van der Waals surface area contributed by atoms with Gasteiger partial charge in [0.2, 0.25) is 5.91 Å². The fourth-order valence-electron chi connectivity index (χ4n) is 5.27. The first-order chi connectivity index (χ1) is 15.1. The van der Waals surface area contributed by atoms with E-state index in [-0.39, 0.29) is 17.9 Å². The molecule has 2 bridgehead atoms. The molecule has 5 rings (SSSR count). The molecule has 1 aromatic carbocycles. The summed E-state index contributed by atoms with van der Waals surface area (Å²) in [6, 6.07) is 9.01. The molecule has 2 aliphatic carbocycles. The zero-order valence-electron chi connectivity index (χ0n) is 17.7. The van der Waals surface area contributed by atoms with Crippen LogP contribution >= 0.6 is 0 Å². The van der Waals surface area contributed by atoms with Gasteiger partial charge in [0.1, 0.15) is 11.6 Å². The maximum absolute atomic E-state index is 13.0. The number of ether oxygens (including phenoxy) is 1. The molecule has 1 aromatic heterocycles. The first-order valence-electron chi connectivity index (χ1n) is 11.1. The van der Waals surface area contributed by atoms with E-state index >= 15 is 0 Å². The smallest absolute Gasteiger partial charge is 0.256 e. The molecule has 1 aliphatic heterocycles. The van der Waals surface area contributed by atoms with Gasteiger partial charge in [-0.2, -0.15) is 5.10 Å². The third-order valence-corrected chi connectivity index (χ3v) is 6.98. The molecule has 1 N–H and O–H groups in total. The summed E-state index contributed by atoms with van der Waals surface area (Å²) in [5.74, 6) is 2.77. The number of fused-ring (bicyclic) bond motifs is 2. The molecule has 3 atom stereocenters. The molecule has 162 valence electrons. The van der Waals surface area contributed by atoms with Gasteiger partial charge in [-0.25, -0.2) is 4.68 Å². The van der Waals surface area contributed by atoms with Crippen LogP contribution in [0.2, 0.25) is 0 Å². The van der Waals surface area contributed by atoms with Crippen molar-refractivity contribution in [3.8, 4) is 5.75 Å². The van der Waals surface area contributed by atoms with Crippen molar-refractivity contribution in [2.75, 3.05) is 25.5 Å². The van der Waals surface area contributed by atoms with Crippen molar-refractivity contribution in [1.82, 2.24) is 14.7 Å². The van der Waals surface area contributed by atoms with E-state index in [1.54, 1.807) is 37.6 Å². The second-order valence-corrected chi connectivity index (χ2v) is 8.79. The van der Waals surface area contributed by atoms with Crippen LogP contribution in [0.1, 0.15) is 42.1 Å². The second kappa shape index (κ2) is 8.21. The van der Waals surface area contributed by atoms with E-state index in [0.29, 0.717) is 34.9 Å². The third-order valence-electron chi connectivity index (χ3n) is 6.98. The molecule has 0 spiro atoms. The summed E-state index contributed by atoms with van der Waals surface area (Å²) in [6.07, 6.45) is 10.1. The quantitative estimate of drug-likeness (QED) is 0.751. The minimum Gasteiger partial charge on any atom is -0.497 e. The second-order valence-electron chi connectivity index (χ2n) is 8.79. The Kier molecular flexibility index (Phi) is 5.26. The van der Waals surface area contributed by atoms with Gasteiger partial charge in [0, 0.05) is 30.6 Å². The lowest BCUT2D eigenvalue weighted by atomic mass is 9.91. The molecule has 2 fully saturated rings. The number of amides is 2. The molecule has 2 amide bonds. The topological polar surface area (TPSA) is 76.5 Å². The summed E-state index contributed by atoms with van der Waals surface area (Å²) in [6.45, 7) is 1.49. The van der Waals surface area contributed by atoms with E-state index < -0.39 is 0 Å². The molecule has 7 heteroatoms. The van der Waals surface area contributed by atoms with Gasteiger partial charge in [-0.05, 0) is 61.8 Å². The Morgan fingerprint density at radius 3 is 2.48 bits per heavy atom. The average molecular weight is 421 g/mol. The Bertz CT molecular complexity index is 989. The Balaban J connectivity index is 1.20. The van der Waals surface area contributed by atoms with Crippen LogP contribution in [0.3, 0.4) is 0 Å². The monoisotopic (exact) mass is 420 g/mol. The minimum atomic E-state index is -0.179. The first-order valence-corrected chi connectivity index (χ1v) is 11.1. The van der Waals surface area contributed by atoms with Crippen LogP contribution in [0.25, 0.3) is 0 Å². The summed E-state index contributed by atoms with van der Waals surface area (Å²) in [5.41, 5.74) is 0.564. The third kappa shape index (κ3) is 3.84. The lowest BCUT2D eigenvalue weighted by Crippen LogP contribution is -2.43. The lowest BCUT2D eigenvalue weighted by molar-refractivity contribution is -0.137. The number of aromatic nitrogens is 2. The van der Waals surface area contributed by atoms with Crippen molar-refractivity contribution in [3.05, 3.63) is 54.2 Å². The summed E-state index contributed by atoms with van der Waals surface area (Å²) in [7, 11) is 1.60. The van der Waals surface area contributed by atoms with Crippen LogP contribution in [0, 0.1) is 17.8 Å². The molecule has 1 saturated heterocycles. The molecular formula is C24H28N4O3. The standard InChI is InChI=1S/C24H28N4O3/c1-31-20-6-4-17(5-7-20)23(29)26-22-8-11-25-28(22)19-9-12-27(13-10-19)24(30)21-15-16-2-3-18(21)14-16/h2-8,11,16,18-19,21H,9-10,12-15H2,1H3,(H,26,29). The number of anilines is 1. The predicted molar refractivity (Wildman–Crippen MR) is 117 cm³/mol. The van der Waals surface area contributed by atoms with Crippen molar-refractivity contribution in [2.24, 2.45) is 17.8 Å². The highest BCUT2D eigenvalue weighted by Gasteiger charge is 2.42. The van der Waals surface area contributed by atoms with E-state index in [9.17, 15) is 9.59 Å². The van der Waals surface area contributed by atoms with Gasteiger partial charge in [-0.1, -0.05) is 12.2 Å². The maximum Gasteiger partial charge on any atom is 0.256 e. The summed E-state index contributed by atoms with van der Waals surface area (Å²) in [4.78, 5) is 27.7. The van der Waals surface area contributed by atoms with Crippen LogP contribution in [0.4, 0.5) is 5.82 Å². The predicted octanol–water partition coefficient (Wildman–Crippen LogP) is 3.52. The van der Waals surface area contributed by atoms with Crippen LogP contribution in [0.5, 0.6) is 5.75 Å². The Hall–Kier alpha value is -3.09. The van der Waals surface area contributed by atoms with E-state index in [0.717, 1.165) is 38.8 Å². The summed E-state index contributed by atoms with van der Waals surface area (Å²) in [5, 5.41) is 7.43. The number of hydrogen-bond acceptors (Lipinski definition) is 4. The van der Waals surface area contributed by atoms with Crippen molar-refractivity contribution >= 4 is 17.6 Å². The molecular weight excluding hydrogens is 392 g/mol. The van der Waals surface area contributed by atoms with Crippen LogP contribution in [-0.2, 0) is 4.79 Å². The number of hydrogen-bond donors (Lipinski definition) is 1. The summed E-state index contributed by atoms with van der Waals surface area (Å²) >= 11 is 0. The number of likely N-dealkylation sites (tertiary alicyclic amines) is 1. The molecule has 0 radical (unpaired) electrons. The number of benzene rings is 1. The fraction of sp³-hybridized carbons (Fsp3) is 0.458. The number of rotatable bonds is 5. The molecule has 2 heterocycles. The fourth-order valence-corrected chi connectivity index (χ4v) is 5.27. The number of carbonyl (C=O) groups is 2. The zero-order chi connectivity index (χ0) is 21.4. The van der Waals surface area contributed by atoms with Crippen molar-refractivity contribution in [1.29, 1.82) is 0 Å². The molecule has 3 aliphatic rings. The van der Waals surface area contributed by atoms with Crippen molar-refractivity contribution in [2.45, 2.75) is 31.7 Å². The van der Waals surface area contributed by atoms with E-state index in [1.165, 1.54) is 0 Å². The zero-order valence-corrected chi connectivity index (χ0v) is 17.7. The SMILES string of the molecule is COc1ccc(C(=O)Nc2ccnn2C2CCN(C(=O)C3CC4C=CC3C4)CC2)cc1. The van der Waals surface area contributed by atoms with Crippen molar-refractivity contribution in [3.63, 3.8) is 0 Å². The Morgan fingerprint density at radius 2 is 1.84 bits per heavy atom. The molecule has 31 heavy (non-hydrogen) atoms. The highest BCUT2D eigenvalue weighted by Crippen LogP contribution is 2.44. The van der Waals surface area contributed by atoms with E-state index in [4.69, 9.17) is 4.74 Å². The highest BCUT2D eigenvalue weighted by molar-refractivity contribution is 6.03. The van der Waals surface area contributed by atoms with Gasteiger partial charge in [0.15, 0.2) is 0 Å². The highest BCUT2D eigenvalue weighted by atomic mass is 16.5. The number of nitrogens with one attached hydrogen (secondary N) is 1. The normalized spacial score (nSPS) is 25.1. The van der Waals surface area contributed by atoms with E-state index in [2.05, 4.69) is 22.6 Å². The van der Waals surface area contributed by atoms with Gasteiger partial charge >= 0.3 is 0 Å². The number of methoxy groups -OCH3 is 1. The van der Waals surface area contributed by atoms with Crippen molar-refractivity contribution < 1.29 is 14.3 Å².